The van der Waals surface area contributed by atoms with Crippen molar-refractivity contribution in [3.63, 3.8) is 0 Å². The summed E-state index contributed by atoms with van der Waals surface area (Å²) in [6.45, 7) is 7.25. The summed E-state index contributed by atoms with van der Waals surface area (Å²) in [6, 6.07) is -0.335. The van der Waals surface area contributed by atoms with Gasteiger partial charge in [-0.1, -0.05) is 13.3 Å². The molecule has 5 heteroatoms. The third-order valence-electron chi connectivity index (χ3n) is 2.05. The van der Waals surface area contributed by atoms with Gasteiger partial charge in [0.15, 0.2) is 5.78 Å². The summed E-state index contributed by atoms with van der Waals surface area (Å²) in [5, 5.41) is 0. The van der Waals surface area contributed by atoms with Crippen molar-refractivity contribution in [2.24, 2.45) is 5.92 Å². The van der Waals surface area contributed by atoms with E-state index in [0.29, 0.717) is 0 Å². The molecule has 0 heterocycles. The molecule has 0 aliphatic rings. The second kappa shape index (κ2) is 12.7. The molecule has 0 aliphatic carbocycles. The Morgan fingerprint density at radius 2 is 1.88 bits per heavy atom. The Kier molecular flexibility index (Phi) is 19.4. The Labute approximate surface area is 132 Å². The van der Waals surface area contributed by atoms with Crippen LogP contribution in [0.3, 0.4) is 0 Å². The average molecular weight is 446 g/mol. The van der Waals surface area contributed by atoms with Gasteiger partial charge in [-0.2, -0.15) is 0 Å². The number of Topliss-reactive ketones (excluding diaryl/α,β-unsaturated/α-hetero) is 1. The molecule has 1 radical (unpaired) electrons. The van der Waals surface area contributed by atoms with Gasteiger partial charge in [0.25, 0.3) is 0 Å². The summed E-state index contributed by atoms with van der Waals surface area (Å²) >= 11 is 0. The number of ether oxygens (including phenoxy) is 1. The minimum absolute atomic E-state index is 0. The van der Waals surface area contributed by atoms with Gasteiger partial charge in [0, 0.05) is 39.6 Å². The van der Waals surface area contributed by atoms with Gasteiger partial charge in [-0.05, 0) is 21.0 Å². The summed E-state index contributed by atoms with van der Waals surface area (Å²) in [7, 11) is 3.64. The maximum absolute atomic E-state index is 11.4. The monoisotopic (exact) mass is 446 g/mol. The van der Waals surface area contributed by atoms with Crippen LogP contribution in [0.2, 0.25) is 0 Å². The molecule has 17 heavy (non-hydrogen) atoms. The molecule has 0 saturated carbocycles. The quantitative estimate of drug-likeness (QED) is 0.473. The van der Waals surface area contributed by atoms with E-state index in [1.807, 2.05) is 21.0 Å². The molecule has 3 atom stereocenters. The number of ketones is 1. The topological polar surface area (TPSA) is 29.5 Å². The van der Waals surface area contributed by atoms with Gasteiger partial charge in [-0.25, -0.2) is 0 Å². The fourth-order valence-electron chi connectivity index (χ4n) is 1.46. The molecule has 99 valence electrons. The van der Waals surface area contributed by atoms with Gasteiger partial charge in [-0.3, -0.25) is 9.69 Å². The van der Waals surface area contributed by atoms with Crippen LogP contribution >= 0.6 is 0 Å². The maximum Gasteiger partial charge on any atom is 0.150 e. The van der Waals surface area contributed by atoms with Crippen LogP contribution in [0.1, 0.15) is 13.8 Å². The van der Waals surface area contributed by atoms with Crippen LogP contribution < -0.4 is 0 Å². The zero-order valence-electron chi connectivity index (χ0n) is 11.1. The maximum atomic E-state index is 11.4. The fraction of sp³-hybridized carbons (Fsp3) is 0.583. The van der Waals surface area contributed by atoms with Crippen molar-refractivity contribution < 1.29 is 49.2 Å². The van der Waals surface area contributed by atoms with E-state index in [4.69, 9.17) is 11.2 Å². The number of likely N-dealkylation sites (N-methyl/N-ethyl adjacent to an activating group) is 1. The van der Waals surface area contributed by atoms with E-state index in [1.165, 1.54) is 6.92 Å². The molecular formula is C12H21NO2VW-2. The molecule has 3 unspecified atom stereocenters. The van der Waals surface area contributed by atoms with Crippen molar-refractivity contribution in [3.8, 4) is 12.5 Å². The fourth-order valence-corrected chi connectivity index (χ4v) is 1.46. The third kappa shape index (κ3) is 8.92. The first kappa shape index (κ1) is 26.0. The van der Waals surface area contributed by atoms with E-state index in [2.05, 4.69) is 13.0 Å². The number of nitrogens with zero attached hydrogens (tertiary/aromatic N) is 1. The Morgan fingerprint density at radius 1 is 1.47 bits per heavy atom. The molecule has 0 rings (SSSR count). The van der Waals surface area contributed by atoms with Crippen LogP contribution in [0.5, 0.6) is 0 Å². The summed E-state index contributed by atoms with van der Waals surface area (Å²) in [6.07, 6.45) is 6.84. The second-order valence-corrected chi connectivity index (χ2v) is 3.70. The molecule has 0 aromatic carbocycles. The van der Waals surface area contributed by atoms with Gasteiger partial charge in [0.05, 0.1) is 0 Å². The SMILES string of the molecule is C#COC(C([CH2-])C)C(C(C)=O)N(C)C.[CH3-].[V].[W]. The molecule has 0 fully saturated rings. The molecule has 0 amide bonds. The van der Waals surface area contributed by atoms with E-state index >= 15 is 0 Å². The number of hydrogen-bond donors (Lipinski definition) is 0. The van der Waals surface area contributed by atoms with Crippen LogP contribution in [0.15, 0.2) is 0 Å². The van der Waals surface area contributed by atoms with Crippen molar-refractivity contribution in [1.29, 1.82) is 0 Å². The number of carbonyl (C=O) groups is 1. The first-order valence-electron chi connectivity index (χ1n) is 4.53. The van der Waals surface area contributed by atoms with Crippen LogP contribution in [-0.4, -0.2) is 36.9 Å². The summed E-state index contributed by atoms with van der Waals surface area (Å²) in [4.78, 5) is 13.2. The zero-order chi connectivity index (χ0) is 11.3. The third-order valence-corrected chi connectivity index (χ3v) is 2.05. The number of rotatable bonds is 5. The number of hydrogen-bond acceptors (Lipinski definition) is 3. The van der Waals surface area contributed by atoms with Gasteiger partial charge < -0.3 is 19.1 Å². The molecule has 0 N–H and O–H groups in total. The largest absolute Gasteiger partial charge is 0.444 e. The van der Waals surface area contributed by atoms with E-state index in [-0.39, 0.29) is 70.9 Å². The van der Waals surface area contributed by atoms with Gasteiger partial charge in [0.2, 0.25) is 0 Å². The molecule has 0 aromatic rings. The summed E-state index contributed by atoms with van der Waals surface area (Å²) < 4.78 is 5.09. The Bertz CT molecular complexity index is 239. The molecule has 0 aliphatic heterocycles. The van der Waals surface area contributed by atoms with Crippen LogP contribution in [-0.2, 0) is 49.2 Å². The predicted octanol–water partition coefficient (Wildman–Crippen LogP) is 1.40. The standard InChI is InChI=1S/C11H18NO2.CH3.V.W/c1-7-14-11(8(2)3)10(9(4)13)12(5)6;;;/h1,8,10-11H,2H2,3-6H3;1H3;;/q2*-1;;. The smallest absolute Gasteiger partial charge is 0.150 e. The van der Waals surface area contributed by atoms with Crippen LogP contribution in [0, 0.1) is 32.8 Å². The second-order valence-electron chi connectivity index (χ2n) is 3.70. The van der Waals surface area contributed by atoms with Crippen molar-refractivity contribution >= 4 is 5.78 Å². The van der Waals surface area contributed by atoms with Crippen molar-refractivity contribution in [1.82, 2.24) is 4.90 Å². The van der Waals surface area contributed by atoms with Crippen LogP contribution in [0.4, 0.5) is 0 Å². The van der Waals surface area contributed by atoms with Gasteiger partial charge in [-0.15, -0.1) is 5.92 Å². The number of terminal acetylenes is 1. The van der Waals surface area contributed by atoms with Crippen molar-refractivity contribution in [3.05, 3.63) is 14.4 Å². The molecule has 0 spiro atoms. The van der Waals surface area contributed by atoms with Crippen LogP contribution in [0.25, 0.3) is 0 Å². The molecule has 3 nitrogen and oxygen atoms in total. The Balaban J connectivity index is -0.000000282. The van der Waals surface area contributed by atoms with Crippen molar-refractivity contribution in [2.75, 3.05) is 14.1 Å². The Hall–Kier alpha value is 0.263. The van der Waals surface area contributed by atoms with Gasteiger partial charge in [0.1, 0.15) is 18.3 Å². The number of carbonyl (C=O) groups excluding carboxylic acids is 1. The molecular weight excluding hydrogens is 425 g/mol. The zero-order valence-corrected chi connectivity index (χ0v) is 15.5. The molecule has 0 bridgehead atoms. The van der Waals surface area contributed by atoms with Gasteiger partial charge >= 0.3 is 0 Å². The molecule has 0 aromatic heterocycles. The summed E-state index contributed by atoms with van der Waals surface area (Å²) in [5.74, 6) is -0.00639. The van der Waals surface area contributed by atoms with E-state index in [0.717, 1.165) is 0 Å². The van der Waals surface area contributed by atoms with Crippen molar-refractivity contribution in [2.45, 2.75) is 26.0 Å². The molecule has 0 saturated heterocycles. The summed E-state index contributed by atoms with van der Waals surface area (Å²) in [5.41, 5.74) is 0. The predicted molar refractivity (Wildman–Crippen MR) is 62.8 cm³/mol. The first-order chi connectivity index (χ1) is 6.41. The van der Waals surface area contributed by atoms with E-state index in [1.54, 1.807) is 4.90 Å². The van der Waals surface area contributed by atoms with E-state index < -0.39 is 0 Å². The minimum atomic E-state index is -0.354. The average Bonchev–Trinajstić information content (AvgIpc) is 2.01. The minimum Gasteiger partial charge on any atom is -0.444 e. The Morgan fingerprint density at radius 3 is 2.06 bits per heavy atom. The van der Waals surface area contributed by atoms with E-state index in [9.17, 15) is 4.79 Å². The normalized spacial score (nSPS) is 13.9. The first-order valence-corrected chi connectivity index (χ1v) is 4.53.